The van der Waals surface area contributed by atoms with Crippen LogP contribution >= 0.6 is 0 Å². The first-order chi connectivity index (χ1) is 36.1. The molecule has 0 aliphatic carbocycles. The molecule has 0 aliphatic rings. The van der Waals surface area contributed by atoms with E-state index in [1.807, 2.05) is 86.6 Å². The minimum atomic E-state index is -1.29. The molecule has 0 atom stereocenters. The first-order valence-electron chi connectivity index (χ1n) is 25.4. The first-order valence-corrected chi connectivity index (χ1v) is 25.4. The molecule has 0 bridgehead atoms. The number of benzene rings is 6. The number of rotatable bonds is 25. The van der Waals surface area contributed by atoms with Gasteiger partial charge in [0.25, 0.3) is 0 Å². The van der Waals surface area contributed by atoms with Gasteiger partial charge < -0.3 is 57.4 Å². The van der Waals surface area contributed by atoms with Gasteiger partial charge in [0.05, 0.1) is 56.1 Å². The van der Waals surface area contributed by atoms with Crippen LogP contribution in [0.5, 0.6) is 57.5 Å². The van der Waals surface area contributed by atoms with Crippen molar-refractivity contribution in [2.75, 3.05) is 26.4 Å². The van der Waals surface area contributed by atoms with Crippen LogP contribution in [0.3, 0.4) is 0 Å². The summed E-state index contributed by atoms with van der Waals surface area (Å²) in [6.45, 7) is 12.2. The fourth-order valence-electron chi connectivity index (χ4n) is 8.33. The molecule has 0 saturated heterocycles. The summed E-state index contributed by atoms with van der Waals surface area (Å²) in [5, 5.41) is 32.4. The van der Waals surface area contributed by atoms with Gasteiger partial charge in [0, 0.05) is 41.7 Å². The second-order valence-corrected chi connectivity index (χ2v) is 17.4. The largest absolute Gasteiger partial charge is 1.00 e. The topological polar surface area (TPSA) is 162 Å². The van der Waals surface area contributed by atoms with E-state index in [4.69, 9.17) is 37.3 Å². The molecule has 386 valence electrons. The van der Waals surface area contributed by atoms with Gasteiger partial charge in [-0.2, -0.15) is 0 Å². The van der Waals surface area contributed by atoms with Gasteiger partial charge in [-0.25, -0.2) is 0 Å². The summed E-state index contributed by atoms with van der Waals surface area (Å²) in [6.07, 6.45) is 9.45. The molecule has 0 fully saturated rings. The van der Waals surface area contributed by atoms with E-state index in [-0.39, 0.29) is 52.4 Å². The molecule has 12 nitrogen and oxygen atoms in total. The zero-order valence-electron chi connectivity index (χ0n) is 43.8. The third kappa shape index (κ3) is 15.4. The minimum Gasteiger partial charge on any atom is -0.545 e. The van der Waals surface area contributed by atoms with E-state index >= 15 is 0 Å². The second-order valence-electron chi connectivity index (χ2n) is 17.4. The smallest absolute Gasteiger partial charge is 0.545 e. The van der Waals surface area contributed by atoms with Crippen LogP contribution in [0, 0.1) is 6.92 Å². The Bertz CT molecular complexity index is 3040. The van der Waals surface area contributed by atoms with Gasteiger partial charge >= 0.3 is 29.6 Å². The molecule has 2 N–H and O–H groups in total. The maximum Gasteiger partial charge on any atom is 1.00 e. The van der Waals surface area contributed by atoms with Crippen LogP contribution < -0.4 is 63.1 Å². The molecular weight excluding hydrogens is 960 g/mol. The van der Waals surface area contributed by atoms with Gasteiger partial charge in [0.1, 0.15) is 69.0 Å². The Morgan fingerprint density at radius 1 is 0.493 bits per heavy atom. The molecule has 0 saturated carbocycles. The molecule has 0 aliphatic heterocycles. The third-order valence-corrected chi connectivity index (χ3v) is 12.1. The number of hydrogen-bond acceptors (Lipinski definition) is 12. The van der Waals surface area contributed by atoms with Gasteiger partial charge in [-0.05, 0) is 128 Å². The fraction of sp³-hybridized carbons (Fsp3) is 0.274. The van der Waals surface area contributed by atoms with Crippen LogP contribution in [0.25, 0.3) is 22.6 Å². The number of aryl methyl sites for hydroxylation is 3. The molecule has 8 aromatic rings. The number of carbonyl (C=O) groups excluding carboxylic acids is 1. The van der Waals surface area contributed by atoms with E-state index in [1.165, 1.54) is 6.07 Å². The van der Waals surface area contributed by atoms with Gasteiger partial charge in [-0.1, -0.05) is 83.0 Å². The quantitative estimate of drug-likeness (QED) is 0.0412. The molecule has 13 heteroatoms. The number of ether oxygens (including phenoxy) is 6. The van der Waals surface area contributed by atoms with Crippen LogP contribution in [0.2, 0.25) is 0 Å². The Kier molecular flexibility index (Phi) is 22.1. The van der Waals surface area contributed by atoms with Crippen LogP contribution in [-0.4, -0.2) is 42.6 Å². The van der Waals surface area contributed by atoms with Crippen molar-refractivity contribution in [2.24, 2.45) is 0 Å². The zero-order valence-corrected chi connectivity index (χ0v) is 45.8. The van der Waals surface area contributed by atoms with Crippen molar-refractivity contribution in [3.05, 3.63) is 179 Å². The summed E-state index contributed by atoms with van der Waals surface area (Å²) in [5.74, 6) is 5.51. The van der Waals surface area contributed by atoms with Crippen molar-refractivity contribution in [3.8, 4) is 80.1 Å². The summed E-state index contributed by atoms with van der Waals surface area (Å²) < 4.78 is 47.4. The third-order valence-electron chi connectivity index (χ3n) is 12.1. The molecule has 8 rings (SSSR count). The van der Waals surface area contributed by atoms with Gasteiger partial charge in [-0.3, -0.25) is 0 Å². The number of phenolic OH excluding ortho intramolecular Hbond substituents is 2. The van der Waals surface area contributed by atoms with Crippen molar-refractivity contribution in [1.82, 2.24) is 0 Å². The molecular formula is C62H65NaO12. The molecule has 75 heavy (non-hydrogen) atoms. The maximum absolute atomic E-state index is 11.5. The molecule has 0 spiro atoms. The molecule has 2 aromatic heterocycles. The molecule has 6 aromatic carbocycles. The normalized spacial score (nSPS) is 10.7. The zero-order chi connectivity index (χ0) is 52.2. The number of phenols is 2. The Balaban J connectivity index is 0.000000241. The van der Waals surface area contributed by atoms with Crippen LogP contribution in [0.15, 0.2) is 155 Å². The van der Waals surface area contributed by atoms with Crippen molar-refractivity contribution >= 4 is 5.97 Å². The molecule has 0 radical (unpaired) electrons. The monoisotopic (exact) mass is 1020 g/mol. The second kappa shape index (κ2) is 29.0. The van der Waals surface area contributed by atoms with E-state index in [0.717, 1.165) is 77.2 Å². The molecule has 0 unspecified atom stereocenters. The van der Waals surface area contributed by atoms with Crippen molar-refractivity contribution in [3.63, 3.8) is 0 Å². The number of carboxylic acid groups (broad SMARTS) is 1. The summed E-state index contributed by atoms with van der Waals surface area (Å²) in [7, 11) is 0. The minimum absolute atomic E-state index is 0. The van der Waals surface area contributed by atoms with Crippen molar-refractivity contribution in [2.45, 2.75) is 86.0 Å². The van der Waals surface area contributed by atoms with E-state index < -0.39 is 5.97 Å². The van der Waals surface area contributed by atoms with E-state index in [0.29, 0.717) is 91.3 Å². The number of carboxylic acids is 1. The summed E-state index contributed by atoms with van der Waals surface area (Å²) >= 11 is 0. The number of aromatic hydroxyl groups is 2. The fourth-order valence-corrected chi connectivity index (χ4v) is 8.33. The SMILES string of the molecule is CCCc1c(OCCCOc2cc(O)c(-c3ccco3)cc2CC)cccc1Oc1ccccc1C.CCCc1c(OCCCOc2cc(O)c(-c3ccco3)cc2CC)cccc1Oc1ccccc1C(=O)[O-].[Na+]. The van der Waals surface area contributed by atoms with Crippen molar-refractivity contribution < 1.29 is 86.9 Å². The Morgan fingerprint density at radius 3 is 1.33 bits per heavy atom. The number of aromatic carboxylic acids is 1. The average Bonchev–Trinajstić information content (AvgIpc) is 4.16. The van der Waals surface area contributed by atoms with Crippen LogP contribution in [0.4, 0.5) is 0 Å². The molecule has 0 amide bonds. The van der Waals surface area contributed by atoms with Gasteiger partial charge in [-0.15, -0.1) is 0 Å². The number of hydrogen-bond donors (Lipinski definition) is 2. The Labute approximate surface area is 462 Å². The van der Waals surface area contributed by atoms with E-state index in [9.17, 15) is 20.1 Å². The maximum atomic E-state index is 11.5. The number of para-hydroxylation sites is 2. The van der Waals surface area contributed by atoms with E-state index in [1.54, 1.807) is 67.1 Å². The van der Waals surface area contributed by atoms with Gasteiger partial charge in [0.15, 0.2) is 0 Å². The number of furan rings is 2. The standard InChI is InChI=1S/C31H32O7.C31H34O5.Na/c1-3-10-22-26(13-7-14-28(22)38-29-12-6-5-11-23(29)31(33)34)36-17-9-18-37-30-20-25(32)24(19-21(30)4-2)27-15-8-16-35-27;1-4-11-24-28(14-8-15-30(24)36-27-13-7-6-12-22(27)3)34-18-10-19-35-31-21-26(32)25(20-23(31)5-2)29-16-9-17-33-29;/h5-8,11-16,19-20,32H,3-4,9-10,17-18H2,1-2H3,(H,33,34);6-9,12-17,20-21,32H,4-5,10-11,18-19H2,1-3H3;/q;;+1/p-1. The predicted molar refractivity (Wildman–Crippen MR) is 285 cm³/mol. The Hall–Kier alpha value is -7.25. The van der Waals surface area contributed by atoms with Gasteiger partial charge in [0.2, 0.25) is 0 Å². The number of carbonyl (C=O) groups is 1. The average molecular weight is 1030 g/mol. The summed E-state index contributed by atoms with van der Waals surface area (Å²) in [5.41, 5.74) is 6.34. The van der Waals surface area contributed by atoms with E-state index in [2.05, 4.69) is 20.8 Å². The van der Waals surface area contributed by atoms with Crippen LogP contribution in [0.1, 0.15) is 91.6 Å². The summed E-state index contributed by atoms with van der Waals surface area (Å²) in [4.78, 5) is 11.5. The Morgan fingerprint density at radius 2 is 0.907 bits per heavy atom. The van der Waals surface area contributed by atoms with Crippen molar-refractivity contribution in [1.29, 1.82) is 0 Å². The summed E-state index contributed by atoms with van der Waals surface area (Å²) in [6, 6.07) is 40.2. The predicted octanol–water partition coefficient (Wildman–Crippen LogP) is 11.3. The molecule has 2 heterocycles. The first kappa shape index (κ1) is 57.0. The van der Waals surface area contributed by atoms with Crippen LogP contribution in [-0.2, 0) is 25.7 Å².